The zero-order valence-corrected chi connectivity index (χ0v) is 20.0. The summed E-state index contributed by atoms with van der Waals surface area (Å²) < 4.78 is 2.48. The van der Waals surface area contributed by atoms with Crippen LogP contribution in [-0.2, 0) is 0 Å². The van der Waals surface area contributed by atoms with Crippen LogP contribution in [0.2, 0.25) is 0 Å². The Labute approximate surface area is 216 Å². The van der Waals surface area contributed by atoms with Crippen molar-refractivity contribution in [2.75, 3.05) is 0 Å². The zero-order valence-electron chi connectivity index (χ0n) is 20.0. The van der Waals surface area contributed by atoms with E-state index >= 15 is 0 Å². The summed E-state index contributed by atoms with van der Waals surface area (Å²) in [6, 6.07) is 33.0. The minimum absolute atomic E-state index is 0.311. The van der Waals surface area contributed by atoms with Crippen molar-refractivity contribution in [3.63, 3.8) is 0 Å². The first-order valence-corrected chi connectivity index (χ1v) is 11.9. The highest BCUT2D eigenvalue weighted by atomic mass is 16.1. The molecule has 0 N–H and O–H groups in total. The Morgan fingerprint density at radius 1 is 0.500 bits per heavy atom. The van der Waals surface area contributed by atoms with Crippen LogP contribution in [0.3, 0.4) is 0 Å². The van der Waals surface area contributed by atoms with Gasteiger partial charge in [0.1, 0.15) is 0 Å². The predicted molar refractivity (Wildman–Crippen MR) is 151 cm³/mol. The van der Waals surface area contributed by atoms with Gasteiger partial charge in [-0.15, -0.1) is 0 Å². The number of aromatic nitrogens is 4. The Morgan fingerprint density at radius 3 is 1.29 bits per heavy atom. The van der Waals surface area contributed by atoms with E-state index in [0.717, 1.165) is 11.1 Å². The van der Waals surface area contributed by atoms with Crippen LogP contribution in [0.5, 0.6) is 0 Å². The third-order valence-corrected chi connectivity index (χ3v) is 6.00. The second kappa shape index (κ2) is 9.87. The first kappa shape index (κ1) is 22.9. The molecule has 6 aromatic rings. The molecule has 0 aliphatic heterocycles. The van der Waals surface area contributed by atoms with Crippen LogP contribution in [0.4, 0.5) is 0 Å². The fourth-order valence-corrected chi connectivity index (χ4v) is 4.20. The molecule has 38 heavy (non-hydrogen) atoms. The van der Waals surface area contributed by atoms with E-state index in [1.807, 2.05) is 72.8 Å². The smallest absolute Gasteiger partial charge is 0.267 e. The molecule has 2 heterocycles. The quantitative estimate of drug-likeness (QED) is 0.320. The summed E-state index contributed by atoms with van der Waals surface area (Å²) in [6.45, 7) is 0. The predicted octanol–water partition coefficient (Wildman–Crippen LogP) is 4.81. The van der Waals surface area contributed by atoms with E-state index in [-0.39, 0.29) is 11.1 Å². The summed E-state index contributed by atoms with van der Waals surface area (Å²) in [4.78, 5) is 36.0. The number of para-hydroxylation sites is 2. The van der Waals surface area contributed by atoms with Gasteiger partial charge < -0.3 is 0 Å². The molecule has 0 aliphatic rings. The molecule has 0 fully saturated rings. The molecule has 4 aromatic carbocycles. The highest BCUT2D eigenvalue weighted by Gasteiger charge is 2.13. The lowest BCUT2D eigenvalue weighted by atomic mass is 10.2. The van der Waals surface area contributed by atoms with Gasteiger partial charge in [-0.2, -0.15) is 19.6 Å². The van der Waals surface area contributed by atoms with Crippen LogP contribution in [0.25, 0.3) is 44.6 Å². The van der Waals surface area contributed by atoms with Gasteiger partial charge in [-0.25, -0.2) is 9.97 Å². The summed E-state index contributed by atoms with van der Waals surface area (Å²) in [5.41, 5.74) is 2.02. The summed E-state index contributed by atoms with van der Waals surface area (Å²) >= 11 is 0. The van der Waals surface area contributed by atoms with E-state index in [0.29, 0.717) is 33.5 Å². The monoisotopic (exact) mass is 496 g/mol. The maximum absolute atomic E-state index is 13.3. The Balaban J connectivity index is 1.47. The van der Waals surface area contributed by atoms with E-state index in [1.54, 1.807) is 36.4 Å². The van der Waals surface area contributed by atoms with E-state index in [2.05, 4.69) is 20.2 Å². The minimum atomic E-state index is -0.311. The van der Waals surface area contributed by atoms with Crippen molar-refractivity contribution in [3.05, 3.63) is 130 Å². The summed E-state index contributed by atoms with van der Waals surface area (Å²) in [5, 5.41) is 9.64. The van der Waals surface area contributed by atoms with Gasteiger partial charge in [-0.3, -0.25) is 9.59 Å². The normalized spacial score (nSPS) is 11.7. The summed E-state index contributed by atoms with van der Waals surface area (Å²) in [7, 11) is 0. The fourth-order valence-electron chi connectivity index (χ4n) is 4.20. The Kier molecular flexibility index (Phi) is 5.95. The SMILES string of the molecule is O=c1c2ccccc2nc(-c2ccccc2)n1/N=C\C=N/n1c(-c2ccccc2)nc2ccccc2c1=O. The Bertz CT molecular complexity index is 1810. The van der Waals surface area contributed by atoms with E-state index in [4.69, 9.17) is 0 Å². The van der Waals surface area contributed by atoms with Crippen LogP contribution >= 0.6 is 0 Å². The molecule has 182 valence electrons. The van der Waals surface area contributed by atoms with Crippen molar-refractivity contribution in [3.8, 4) is 22.8 Å². The molecule has 0 radical (unpaired) electrons. The van der Waals surface area contributed by atoms with Crippen molar-refractivity contribution in [2.24, 2.45) is 10.2 Å². The molecular formula is C30H20N6O2. The number of benzene rings is 4. The number of hydrogen-bond donors (Lipinski definition) is 0. The average Bonchev–Trinajstić information content (AvgIpc) is 2.98. The zero-order chi connectivity index (χ0) is 25.9. The maximum atomic E-state index is 13.3. The lowest BCUT2D eigenvalue weighted by molar-refractivity contribution is 0.824. The molecule has 2 aromatic heterocycles. The van der Waals surface area contributed by atoms with Gasteiger partial charge in [0.15, 0.2) is 11.6 Å². The molecular weight excluding hydrogens is 476 g/mol. The molecule has 0 atom stereocenters. The number of nitrogens with zero attached hydrogens (tertiary/aromatic N) is 6. The highest BCUT2D eigenvalue weighted by Crippen LogP contribution is 2.19. The van der Waals surface area contributed by atoms with Crippen LogP contribution in [-0.4, -0.2) is 31.7 Å². The van der Waals surface area contributed by atoms with Crippen molar-refractivity contribution >= 4 is 34.2 Å². The largest absolute Gasteiger partial charge is 0.282 e. The molecule has 8 heteroatoms. The minimum Gasteiger partial charge on any atom is -0.267 e. The van der Waals surface area contributed by atoms with Gasteiger partial charge in [0, 0.05) is 11.1 Å². The maximum Gasteiger partial charge on any atom is 0.282 e. The van der Waals surface area contributed by atoms with E-state index in [9.17, 15) is 9.59 Å². The Morgan fingerprint density at radius 2 is 0.868 bits per heavy atom. The number of fused-ring (bicyclic) bond motifs is 2. The topological polar surface area (TPSA) is 94.5 Å². The van der Waals surface area contributed by atoms with E-state index in [1.165, 1.54) is 21.8 Å². The number of hydrogen-bond acceptors (Lipinski definition) is 6. The molecule has 0 saturated heterocycles. The third-order valence-electron chi connectivity index (χ3n) is 6.00. The van der Waals surface area contributed by atoms with Crippen molar-refractivity contribution < 1.29 is 0 Å². The van der Waals surface area contributed by atoms with Crippen molar-refractivity contribution in [1.29, 1.82) is 0 Å². The molecule has 0 unspecified atom stereocenters. The highest BCUT2D eigenvalue weighted by molar-refractivity contribution is 6.16. The first-order chi connectivity index (χ1) is 18.7. The molecule has 0 amide bonds. The van der Waals surface area contributed by atoms with Gasteiger partial charge in [0.2, 0.25) is 0 Å². The van der Waals surface area contributed by atoms with Gasteiger partial charge >= 0.3 is 0 Å². The molecule has 0 aliphatic carbocycles. The van der Waals surface area contributed by atoms with Gasteiger partial charge in [0.05, 0.1) is 34.2 Å². The Hall–Kier alpha value is -5.50. The second-order valence-electron chi connectivity index (χ2n) is 8.40. The van der Waals surface area contributed by atoms with Crippen LogP contribution in [0.15, 0.2) is 129 Å². The third kappa shape index (κ3) is 4.20. The fraction of sp³-hybridized carbons (Fsp3) is 0. The standard InChI is InChI=1S/C30H20N6O2/c37-29-23-15-7-9-17-25(23)33-27(21-11-3-1-4-12-21)35(29)31-19-20-32-36-28(22-13-5-2-6-14-22)34-26-18-10-8-16-24(26)30(36)38/h1-20H/b31-19-,32-20-. The van der Waals surface area contributed by atoms with E-state index < -0.39 is 0 Å². The molecule has 6 rings (SSSR count). The van der Waals surface area contributed by atoms with Crippen molar-refractivity contribution in [2.45, 2.75) is 0 Å². The second-order valence-corrected chi connectivity index (χ2v) is 8.40. The molecule has 0 saturated carbocycles. The lowest BCUT2D eigenvalue weighted by Crippen LogP contribution is -2.21. The lowest BCUT2D eigenvalue weighted by Gasteiger charge is -2.09. The summed E-state index contributed by atoms with van der Waals surface area (Å²) in [6.07, 6.45) is 2.72. The number of rotatable bonds is 5. The summed E-state index contributed by atoms with van der Waals surface area (Å²) in [5.74, 6) is 0.793. The van der Waals surface area contributed by atoms with Crippen LogP contribution in [0.1, 0.15) is 0 Å². The van der Waals surface area contributed by atoms with Gasteiger partial charge in [-0.05, 0) is 24.3 Å². The van der Waals surface area contributed by atoms with Crippen molar-refractivity contribution in [1.82, 2.24) is 19.3 Å². The van der Waals surface area contributed by atoms with Gasteiger partial charge in [0.25, 0.3) is 11.1 Å². The first-order valence-electron chi connectivity index (χ1n) is 11.9. The molecule has 8 nitrogen and oxygen atoms in total. The van der Waals surface area contributed by atoms with Crippen LogP contribution in [0, 0.1) is 0 Å². The average molecular weight is 497 g/mol. The van der Waals surface area contributed by atoms with Crippen LogP contribution < -0.4 is 11.1 Å². The molecule has 0 bridgehead atoms. The van der Waals surface area contributed by atoms with Gasteiger partial charge in [-0.1, -0.05) is 84.9 Å². The molecule has 0 spiro atoms.